The molecule has 0 spiro atoms. The van der Waals surface area contributed by atoms with Crippen molar-refractivity contribution < 1.29 is 4.79 Å². The van der Waals surface area contributed by atoms with E-state index in [-0.39, 0.29) is 5.78 Å². The number of ketones is 1. The van der Waals surface area contributed by atoms with Crippen molar-refractivity contribution in [3.05, 3.63) is 68.7 Å². The zero-order valence-electron chi connectivity index (χ0n) is 13.0. The summed E-state index contributed by atoms with van der Waals surface area (Å²) in [6.07, 6.45) is 2.61. The third-order valence-electron chi connectivity index (χ3n) is 3.97. The van der Waals surface area contributed by atoms with E-state index in [0.717, 1.165) is 34.0 Å². The molecule has 22 heavy (non-hydrogen) atoms. The highest BCUT2D eigenvalue weighted by Gasteiger charge is 2.07. The molecule has 0 aliphatic heterocycles. The minimum Gasteiger partial charge on any atom is -0.300 e. The second kappa shape index (κ2) is 7.80. The number of benzene rings is 2. The number of carbonyl (C=O) groups excluding carboxylic acids is 1. The molecule has 0 saturated carbocycles. The zero-order valence-corrected chi connectivity index (χ0v) is 14.5. The predicted molar refractivity (Wildman–Crippen MR) is 94.0 cm³/mol. The molecule has 0 bridgehead atoms. The first-order valence-corrected chi connectivity index (χ1v) is 8.23. The first-order chi connectivity index (χ1) is 10.5. The highest BCUT2D eigenvalue weighted by molar-refractivity contribution is 6.30. The quantitative estimate of drug-likeness (QED) is 0.657. The van der Waals surface area contributed by atoms with Crippen LogP contribution in [0.25, 0.3) is 0 Å². The number of aryl methyl sites for hydroxylation is 4. The molecule has 2 rings (SSSR count). The minimum absolute atomic E-state index is 0.277. The van der Waals surface area contributed by atoms with Crippen molar-refractivity contribution in [3.8, 4) is 0 Å². The van der Waals surface area contributed by atoms with Crippen LogP contribution in [0.2, 0.25) is 10.0 Å². The Balaban J connectivity index is 1.88. The average molecular weight is 335 g/mol. The highest BCUT2D eigenvalue weighted by atomic mass is 35.5. The third-order valence-corrected chi connectivity index (χ3v) is 4.44. The van der Waals surface area contributed by atoms with Crippen LogP contribution in [-0.2, 0) is 17.6 Å². The average Bonchev–Trinajstić information content (AvgIpc) is 2.49. The van der Waals surface area contributed by atoms with Crippen LogP contribution in [0.5, 0.6) is 0 Å². The molecule has 0 N–H and O–H groups in total. The van der Waals surface area contributed by atoms with Crippen LogP contribution in [0, 0.1) is 13.8 Å². The van der Waals surface area contributed by atoms with Gasteiger partial charge in [0.2, 0.25) is 0 Å². The number of rotatable bonds is 6. The molecule has 3 heteroatoms. The molecule has 1 nitrogen and oxygen atoms in total. The van der Waals surface area contributed by atoms with Gasteiger partial charge >= 0.3 is 0 Å². The minimum atomic E-state index is 0.277. The van der Waals surface area contributed by atoms with Gasteiger partial charge in [-0.25, -0.2) is 0 Å². The molecular weight excluding hydrogens is 315 g/mol. The van der Waals surface area contributed by atoms with E-state index in [0.29, 0.717) is 12.8 Å². The fourth-order valence-corrected chi connectivity index (χ4v) is 2.88. The summed E-state index contributed by atoms with van der Waals surface area (Å²) in [6.45, 7) is 4.09. The maximum atomic E-state index is 12.1. The lowest BCUT2D eigenvalue weighted by molar-refractivity contribution is -0.119. The lowest BCUT2D eigenvalue weighted by Crippen LogP contribution is -2.04. The maximum Gasteiger partial charge on any atom is 0.133 e. The van der Waals surface area contributed by atoms with Crippen molar-refractivity contribution in [1.82, 2.24) is 0 Å². The summed E-state index contributed by atoms with van der Waals surface area (Å²) in [4.78, 5) is 12.1. The van der Waals surface area contributed by atoms with Crippen LogP contribution in [0.1, 0.15) is 35.1 Å². The summed E-state index contributed by atoms with van der Waals surface area (Å²) in [7, 11) is 0. The van der Waals surface area contributed by atoms with Crippen molar-refractivity contribution in [2.75, 3.05) is 0 Å². The molecule has 0 amide bonds. The molecule has 2 aromatic carbocycles. The molecule has 0 radical (unpaired) electrons. The van der Waals surface area contributed by atoms with E-state index < -0.39 is 0 Å². The Morgan fingerprint density at radius 1 is 0.818 bits per heavy atom. The van der Waals surface area contributed by atoms with Crippen molar-refractivity contribution in [2.24, 2.45) is 0 Å². The van der Waals surface area contributed by atoms with Gasteiger partial charge in [0.25, 0.3) is 0 Å². The van der Waals surface area contributed by atoms with E-state index >= 15 is 0 Å². The topological polar surface area (TPSA) is 17.1 Å². The Bertz CT molecular complexity index is 620. The molecule has 0 heterocycles. The Hall–Kier alpha value is -1.31. The lowest BCUT2D eigenvalue weighted by atomic mass is 9.98. The number of hydrogen-bond donors (Lipinski definition) is 0. The zero-order chi connectivity index (χ0) is 16.1. The standard InChI is InChI=1S/C19H20Cl2O/c1-13-3-7-17(20)11-15(13)5-9-19(22)10-6-16-12-18(21)8-4-14(16)2/h3-4,7-8,11-12H,5-6,9-10H2,1-2H3. The Morgan fingerprint density at radius 2 is 1.23 bits per heavy atom. The van der Waals surface area contributed by atoms with Crippen LogP contribution >= 0.6 is 23.2 Å². The number of carbonyl (C=O) groups is 1. The van der Waals surface area contributed by atoms with Gasteiger partial charge in [0, 0.05) is 22.9 Å². The van der Waals surface area contributed by atoms with Gasteiger partial charge in [-0.15, -0.1) is 0 Å². The first kappa shape index (κ1) is 17.1. The molecule has 0 aliphatic carbocycles. The fraction of sp³-hybridized carbons (Fsp3) is 0.316. The molecule has 0 aliphatic rings. The van der Waals surface area contributed by atoms with Gasteiger partial charge < -0.3 is 0 Å². The van der Waals surface area contributed by atoms with Crippen molar-refractivity contribution in [1.29, 1.82) is 0 Å². The van der Waals surface area contributed by atoms with E-state index in [1.54, 1.807) is 0 Å². The van der Waals surface area contributed by atoms with Crippen LogP contribution in [0.3, 0.4) is 0 Å². The molecule has 0 fully saturated rings. The monoisotopic (exact) mass is 334 g/mol. The summed E-state index contributed by atoms with van der Waals surface area (Å²) in [5.74, 6) is 0.277. The maximum absolute atomic E-state index is 12.1. The number of halogens is 2. The molecule has 0 atom stereocenters. The second-order valence-electron chi connectivity index (χ2n) is 5.68. The fourth-order valence-electron chi connectivity index (χ4n) is 2.49. The summed E-state index contributed by atoms with van der Waals surface area (Å²) >= 11 is 12.0. The van der Waals surface area contributed by atoms with Gasteiger partial charge in [-0.1, -0.05) is 35.3 Å². The Morgan fingerprint density at radius 3 is 1.64 bits per heavy atom. The number of hydrogen-bond acceptors (Lipinski definition) is 1. The molecule has 0 unspecified atom stereocenters. The lowest BCUT2D eigenvalue weighted by Gasteiger charge is -2.08. The van der Waals surface area contributed by atoms with Gasteiger partial charge in [0.1, 0.15) is 5.78 Å². The van der Waals surface area contributed by atoms with Crippen LogP contribution in [-0.4, -0.2) is 5.78 Å². The van der Waals surface area contributed by atoms with Gasteiger partial charge in [-0.2, -0.15) is 0 Å². The number of Topliss-reactive ketones (excluding diaryl/α,β-unsaturated/α-hetero) is 1. The van der Waals surface area contributed by atoms with Gasteiger partial charge in [-0.05, 0) is 73.2 Å². The van der Waals surface area contributed by atoms with Crippen LogP contribution in [0.4, 0.5) is 0 Å². The molecular formula is C19H20Cl2O. The van der Waals surface area contributed by atoms with Crippen LogP contribution in [0.15, 0.2) is 36.4 Å². The molecule has 0 saturated heterocycles. The normalized spacial score (nSPS) is 10.7. The van der Waals surface area contributed by atoms with Crippen molar-refractivity contribution in [3.63, 3.8) is 0 Å². The van der Waals surface area contributed by atoms with Gasteiger partial charge in [0.05, 0.1) is 0 Å². The Kier molecular flexibility index (Phi) is 6.05. The summed E-state index contributed by atoms with van der Waals surface area (Å²) in [5, 5.41) is 1.45. The summed E-state index contributed by atoms with van der Waals surface area (Å²) in [6, 6.07) is 11.7. The van der Waals surface area contributed by atoms with Crippen LogP contribution < -0.4 is 0 Å². The SMILES string of the molecule is Cc1ccc(Cl)cc1CCC(=O)CCc1cc(Cl)ccc1C. The van der Waals surface area contributed by atoms with E-state index in [9.17, 15) is 4.79 Å². The largest absolute Gasteiger partial charge is 0.300 e. The third kappa shape index (κ3) is 4.86. The van der Waals surface area contributed by atoms with E-state index in [1.807, 2.05) is 50.2 Å². The van der Waals surface area contributed by atoms with Crippen molar-refractivity contribution in [2.45, 2.75) is 39.5 Å². The second-order valence-corrected chi connectivity index (χ2v) is 6.55. The smallest absolute Gasteiger partial charge is 0.133 e. The molecule has 116 valence electrons. The summed E-state index contributed by atoms with van der Waals surface area (Å²) in [5.41, 5.74) is 4.67. The predicted octanol–water partition coefficient (Wildman–Crippen LogP) is 5.74. The van der Waals surface area contributed by atoms with Gasteiger partial charge in [-0.3, -0.25) is 4.79 Å². The Labute approximate surface area is 142 Å². The van der Waals surface area contributed by atoms with E-state index in [2.05, 4.69) is 0 Å². The first-order valence-electron chi connectivity index (χ1n) is 7.47. The summed E-state index contributed by atoms with van der Waals surface area (Å²) < 4.78 is 0. The van der Waals surface area contributed by atoms with E-state index in [1.165, 1.54) is 11.1 Å². The van der Waals surface area contributed by atoms with Crippen molar-refractivity contribution >= 4 is 29.0 Å². The highest BCUT2D eigenvalue weighted by Crippen LogP contribution is 2.19. The molecule has 2 aromatic rings. The van der Waals surface area contributed by atoms with Gasteiger partial charge in [0.15, 0.2) is 0 Å². The molecule has 0 aromatic heterocycles. The van der Waals surface area contributed by atoms with E-state index in [4.69, 9.17) is 23.2 Å².